The van der Waals surface area contributed by atoms with Crippen molar-refractivity contribution in [2.24, 2.45) is 5.41 Å². The van der Waals surface area contributed by atoms with Crippen LogP contribution >= 0.6 is 0 Å². The van der Waals surface area contributed by atoms with Crippen LogP contribution in [0, 0.1) is 5.41 Å². The van der Waals surface area contributed by atoms with Gasteiger partial charge in [0.1, 0.15) is 18.1 Å². The third-order valence-electron chi connectivity index (χ3n) is 3.73. The van der Waals surface area contributed by atoms with Crippen LogP contribution in [0.5, 0.6) is 11.5 Å². The lowest BCUT2D eigenvalue weighted by Crippen LogP contribution is -2.44. The molecule has 1 N–H and O–H groups in total. The first kappa shape index (κ1) is 13.9. The molecule has 1 aliphatic heterocycles. The number of unbranched alkanes of at least 4 members (excludes halogenated alkanes) is 1. The Morgan fingerprint density at radius 1 is 1.47 bits per heavy atom. The van der Waals surface area contributed by atoms with Crippen molar-refractivity contribution in [2.45, 2.75) is 26.2 Å². The summed E-state index contributed by atoms with van der Waals surface area (Å²) in [7, 11) is 1.58. The van der Waals surface area contributed by atoms with Gasteiger partial charge in [-0.3, -0.25) is 4.79 Å². The summed E-state index contributed by atoms with van der Waals surface area (Å²) in [4.78, 5) is 12.6. The first-order valence-corrected chi connectivity index (χ1v) is 6.63. The number of hydrogen-bond acceptors (Lipinski definition) is 4. The Kier molecular flexibility index (Phi) is 4.10. The molecule has 1 heterocycles. The fraction of sp³-hybridized carbons (Fsp3) is 0.533. The lowest BCUT2D eigenvalue weighted by Gasteiger charge is -2.35. The van der Waals surface area contributed by atoms with Crippen LogP contribution in [-0.2, 0) is 0 Å². The van der Waals surface area contributed by atoms with Crippen molar-refractivity contribution < 1.29 is 19.4 Å². The number of ketones is 1. The number of methoxy groups -OCH3 is 1. The SMILES string of the molecule is CCCC[C@@]1(CO)COc2cc(OC)ccc2C1=O. The van der Waals surface area contributed by atoms with E-state index in [9.17, 15) is 9.90 Å². The van der Waals surface area contributed by atoms with E-state index in [-0.39, 0.29) is 19.0 Å². The number of benzene rings is 1. The van der Waals surface area contributed by atoms with E-state index >= 15 is 0 Å². The van der Waals surface area contributed by atoms with E-state index in [0.29, 0.717) is 23.5 Å². The first-order valence-electron chi connectivity index (χ1n) is 6.63. The zero-order valence-corrected chi connectivity index (χ0v) is 11.4. The standard InChI is InChI=1S/C15H20O4/c1-3-4-7-15(9-16)10-19-13-8-11(18-2)5-6-12(13)14(15)17/h5-6,8,16H,3-4,7,9-10H2,1-2H3/t15-/m1/s1. The van der Waals surface area contributed by atoms with Crippen LogP contribution in [0.4, 0.5) is 0 Å². The van der Waals surface area contributed by atoms with E-state index in [2.05, 4.69) is 6.92 Å². The number of fused-ring (bicyclic) bond motifs is 1. The minimum atomic E-state index is -0.780. The zero-order chi connectivity index (χ0) is 13.9. The Hall–Kier alpha value is -1.55. The van der Waals surface area contributed by atoms with Crippen molar-refractivity contribution in [1.82, 2.24) is 0 Å². The smallest absolute Gasteiger partial charge is 0.178 e. The Morgan fingerprint density at radius 2 is 2.26 bits per heavy atom. The summed E-state index contributed by atoms with van der Waals surface area (Å²) in [6.45, 7) is 2.14. The average Bonchev–Trinajstić information content (AvgIpc) is 2.47. The molecule has 4 nitrogen and oxygen atoms in total. The van der Waals surface area contributed by atoms with Crippen LogP contribution in [0.2, 0.25) is 0 Å². The molecule has 0 unspecified atom stereocenters. The normalized spacial score (nSPS) is 21.7. The van der Waals surface area contributed by atoms with Gasteiger partial charge in [-0.25, -0.2) is 0 Å². The van der Waals surface area contributed by atoms with Gasteiger partial charge >= 0.3 is 0 Å². The third-order valence-corrected chi connectivity index (χ3v) is 3.73. The maximum absolute atomic E-state index is 12.6. The van der Waals surface area contributed by atoms with E-state index in [1.54, 1.807) is 25.3 Å². The molecule has 104 valence electrons. The van der Waals surface area contributed by atoms with Crippen molar-refractivity contribution in [2.75, 3.05) is 20.3 Å². The lowest BCUT2D eigenvalue weighted by atomic mass is 9.76. The minimum Gasteiger partial charge on any atom is -0.497 e. The van der Waals surface area contributed by atoms with E-state index in [1.807, 2.05) is 0 Å². The second kappa shape index (κ2) is 5.61. The summed E-state index contributed by atoms with van der Waals surface area (Å²) in [6, 6.07) is 5.17. The number of carbonyl (C=O) groups excluding carboxylic acids is 1. The van der Waals surface area contributed by atoms with Gasteiger partial charge in [0, 0.05) is 6.07 Å². The highest BCUT2D eigenvalue weighted by Gasteiger charge is 2.43. The van der Waals surface area contributed by atoms with Gasteiger partial charge in [0.15, 0.2) is 5.78 Å². The van der Waals surface area contributed by atoms with Crippen LogP contribution in [0.15, 0.2) is 18.2 Å². The predicted molar refractivity (Wildman–Crippen MR) is 71.9 cm³/mol. The van der Waals surface area contributed by atoms with Gasteiger partial charge < -0.3 is 14.6 Å². The van der Waals surface area contributed by atoms with Gasteiger partial charge in [-0.05, 0) is 18.6 Å². The van der Waals surface area contributed by atoms with Crippen LogP contribution < -0.4 is 9.47 Å². The Labute approximate surface area is 113 Å². The number of ether oxygens (including phenoxy) is 2. The van der Waals surface area contributed by atoms with Crippen LogP contribution in [-0.4, -0.2) is 31.2 Å². The Bertz CT molecular complexity index is 469. The Balaban J connectivity index is 2.32. The summed E-state index contributed by atoms with van der Waals surface area (Å²) in [5, 5.41) is 9.64. The first-order chi connectivity index (χ1) is 9.16. The number of rotatable bonds is 5. The van der Waals surface area contributed by atoms with Crippen LogP contribution in [0.3, 0.4) is 0 Å². The highest BCUT2D eigenvalue weighted by molar-refractivity contribution is 6.04. The molecule has 1 atom stereocenters. The molecule has 0 aliphatic carbocycles. The third kappa shape index (κ3) is 2.45. The summed E-state index contributed by atoms with van der Waals surface area (Å²) < 4.78 is 10.8. The largest absolute Gasteiger partial charge is 0.497 e. The Morgan fingerprint density at radius 3 is 2.89 bits per heavy atom. The van der Waals surface area contributed by atoms with Gasteiger partial charge in [0.2, 0.25) is 0 Å². The molecular weight excluding hydrogens is 244 g/mol. The number of carbonyl (C=O) groups is 1. The van der Waals surface area contributed by atoms with Crippen molar-refractivity contribution in [1.29, 1.82) is 0 Å². The second-order valence-corrected chi connectivity index (χ2v) is 5.02. The molecule has 1 aromatic carbocycles. The van der Waals surface area contributed by atoms with Crippen LogP contribution in [0.25, 0.3) is 0 Å². The van der Waals surface area contributed by atoms with Crippen LogP contribution in [0.1, 0.15) is 36.5 Å². The number of hydrogen-bond donors (Lipinski definition) is 1. The molecule has 2 rings (SSSR count). The summed E-state index contributed by atoms with van der Waals surface area (Å²) in [5.41, 5.74) is -0.241. The molecule has 1 aliphatic rings. The summed E-state index contributed by atoms with van der Waals surface area (Å²) in [6.07, 6.45) is 2.55. The van der Waals surface area contributed by atoms with Gasteiger partial charge in [-0.15, -0.1) is 0 Å². The van der Waals surface area contributed by atoms with E-state index in [4.69, 9.17) is 9.47 Å². The fourth-order valence-electron chi connectivity index (χ4n) is 2.40. The second-order valence-electron chi connectivity index (χ2n) is 5.02. The summed E-state index contributed by atoms with van der Waals surface area (Å²) in [5.74, 6) is 1.19. The van der Waals surface area contributed by atoms with Crippen molar-refractivity contribution in [3.05, 3.63) is 23.8 Å². The summed E-state index contributed by atoms with van der Waals surface area (Å²) >= 11 is 0. The molecule has 1 aromatic rings. The molecule has 0 bridgehead atoms. The van der Waals surface area contributed by atoms with Gasteiger partial charge in [0.05, 0.1) is 24.7 Å². The number of aliphatic hydroxyl groups is 1. The number of Topliss-reactive ketones (excluding diaryl/α,β-unsaturated/α-hetero) is 1. The predicted octanol–water partition coefficient (Wildman–Crippen LogP) is 2.44. The molecule has 0 saturated carbocycles. The van der Waals surface area contributed by atoms with Gasteiger partial charge in [-0.2, -0.15) is 0 Å². The van der Waals surface area contributed by atoms with Gasteiger partial charge in [0.25, 0.3) is 0 Å². The molecule has 0 radical (unpaired) electrons. The molecule has 0 spiro atoms. The molecule has 0 amide bonds. The maximum atomic E-state index is 12.6. The van der Waals surface area contributed by atoms with E-state index in [1.165, 1.54) is 0 Å². The average molecular weight is 264 g/mol. The van der Waals surface area contributed by atoms with Crippen molar-refractivity contribution in [3.8, 4) is 11.5 Å². The highest BCUT2D eigenvalue weighted by Crippen LogP contribution is 2.39. The van der Waals surface area contributed by atoms with Crippen molar-refractivity contribution >= 4 is 5.78 Å². The van der Waals surface area contributed by atoms with Crippen molar-refractivity contribution in [3.63, 3.8) is 0 Å². The lowest BCUT2D eigenvalue weighted by molar-refractivity contribution is 0.0337. The molecule has 0 saturated heterocycles. The minimum absolute atomic E-state index is 0.0210. The molecule has 0 aromatic heterocycles. The number of aliphatic hydroxyl groups excluding tert-OH is 1. The fourth-order valence-corrected chi connectivity index (χ4v) is 2.40. The monoisotopic (exact) mass is 264 g/mol. The molecular formula is C15H20O4. The molecule has 0 fully saturated rings. The zero-order valence-electron chi connectivity index (χ0n) is 11.4. The quantitative estimate of drug-likeness (QED) is 0.887. The molecule has 4 heteroatoms. The highest BCUT2D eigenvalue weighted by atomic mass is 16.5. The maximum Gasteiger partial charge on any atom is 0.178 e. The molecule has 19 heavy (non-hydrogen) atoms. The van der Waals surface area contributed by atoms with E-state index in [0.717, 1.165) is 12.8 Å². The topological polar surface area (TPSA) is 55.8 Å². The van der Waals surface area contributed by atoms with E-state index < -0.39 is 5.41 Å². The van der Waals surface area contributed by atoms with Gasteiger partial charge in [-0.1, -0.05) is 19.8 Å².